The Labute approximate surface area is 241 Å². The van der Waals surface area contributed by atoms with Gasteiger partial charge >= 0.3 is 0 Å². The van der Waals surface area contributed by atoms with Crippen molar-refractivity contribution in [1.29, 1.82) is 0 Å². The lowest BCUT2D eigenvalue weighted by molar-refractivity contribution is 0.277. The molecule has 0 saturated carbocycles. The van der Waals surface area contributed by atoms with Crippen molar-refractivity contribution in [2.45, 2.75) is 13.2 Å². The predicted molar refractivity (Wildman–Crippen MR) is 164 cm³/mol. The molecule has 0 radical (unpaired) electrons. The van der Waals surface area contributed by atoms with Crippen LogP contribution in [0.1, 0.15) is 22.5 Å². The Morgan fingerprint density at radius 3 is 1.79 bits per heavy atom. The fourth-order valence-corrected chi connectivity index (χ4v) is 4.45. The molecule has 4 aromatic carbocycles. The van der Waals surface area contributed by atoms with E-state index in [1.807, 2.05) is 42.5 Å². The second-order valence-corrected chi connectivity index (χ2v) is 9.55. The Hall–Kier alpha value is -5.60. The number of nitrogens with zero attached hydrogens (tertiary/aromatic N) is 4. The van der Waals surface area contributed by atoms with Crippen molar-refractivity contribution in [3.8, 4) is 17.2 Å². The lowest BCUT2D eigenvalue weighted by atomic mass is 10.1. The van der Waals surface area contributed by atoms with Gasteiger partial charge in [-0.2, -0.15) is 0 Å². The van der Waals surface area contributed by atoms with E-state index in [2.05, 4.69) is 15.0 Å². The van der Waals surface area contributed by atoms with Crippen LogP contribution < -0.4 is 4.74 Å². The van der Waals surface area contributed by atoms with E-state index in [9.17, 15) is 15.3 Å². The monoisotopic (exact) mass is 554 g/mol. The van der Waals surface area contributed by atoms with E-state index < -0.39 is 0 Å². The number of aromatic hydroxyl groups is 2. The SMILES string of the molecule is OCc1ccc2ccc3ccc(COc4ccc(N=Cc5ccccc5O)c(N=Cc5ccccc5O)c4)nc3c2n1. The first-order chi connectivity index (χ1) is 20.6. The molecule has 42 heavy (non-hydrogen) atoms. The van der Waals surface area contributed by atoms with Gasteiger partial charge in [-0.1, -0.05) is 48.5 Å². The summed E-state index contributed by atoms with van der Waals surface area (Å²) in [6.45, 7) is 0.0610. The van der Waals surface area contributed by atoms with E-state index in [1.54, 1.807) is 73.1 Å². The number of hydrogen-bond donors (Lipinski definition) is 3. The number of phenolic OH excluding ortho intramolecular Hbond substituents is 2. The summed E-state index contributed by atoms with van der Waals surface area (Å²) in [4.78, 5) is 18.5. The quantitative estimate of drug-likeness (QED) is 0.141. The summed E-state index contributed by atoms with van der Waals surface area (Å²) in [6.07, 6.45) is 3.14. The van der Waals surface area contributed by atoms with Crippen LogP contribution in [0.2, 0.25) is 0 Å². The molecular formula is C34H26N4O4. The molecule has 0 saturated heterocycles. The van der Waals surface area contributed by atoms with Crippen LogP contribution in [0.25, 0.3) is 21.8 Å². The Kier molecular flexibility index (Phi) is 7.52. The van der Waals surface area contributed by atoms with Crippen molar-refractivity contribution in [2.75, 3.05) is 0 Å². The van der Waals surface area contributed by atoms with Crippen molar-refractivity contribution >= 4 is 45.6 Å². The summed E-state index contributed by atoms with van der Waals surface area (Å²) in [5.41, 5.74) is 4.97. The van der Waals surface area contributed by atoms with Gasteiger partial charge in [-0.05, 0) is 48.5 Å². The van der Waals surface area contributed by atoms with E-state index in [4.69, 9.17) is 9.72 Å². The highest BCUT2D eigenvalue weighted by atomic mass is 16.5. The maximum atomic E-state index is 10.2. The fraction of sp³-hybridized carbons (Fsp3) is 0.0588. The normalized spacial score (nSPS) is 11.6. The molecule has 0 atom stereocenters. The van der Waals surface area contributed by atoms with Gasteiger partial charge in [-0.15, -0.1) is 0 Å². The largest absolute Gasteiger partial charge is 0.507 e. The number of ether oxygens (including phenoxy) is 1. The minimum absolute atomic E-state index is 0.114. The first-order valence-corrected chi connectivity index (χ1v) is 13.3. The lowest BCUT2D eigenvalue weighted by Gasteiger charge is -2.10. The third-order valence-corrected chi connectivity index (χ3v) is 6.69. The fourth-order valence-electron chi connectivity index (χ4n) is 4.45. The molecule has 8 heteroatoms. The smallest absolute Gasteiger partial charge is 0.130 e. The van der Waals surface area contributed by atoms with Crippen molar-refractivity contribution in [2.24, 2.45) is 9.98 Å². The lowest BCUT2D eigenvalue weighted by Crippen LogP contribution is -1.99. The molecule has 0 unspecified atom stereocenters. The molecular weight excluding hydrogens is 528 g/mol. The molecule has 2 heterocycles. The van der Waals surface area contributed by atoms with E-state index in [0.29, 0.717) is 39.6 Å². The van der Waals surface area contributed by atoms with Gasteiger partial charge in [0.25, 0.3) is 0 Å². The van der Waals surface area contributed by atoms with Crippen LogP contribution >= 0.6 is 0 Å². The molecule has 0 aliphatic heterocycles. The highest BCUT2D eigenvalue weighted by Crippen LogP contribution is 2.33. The standard InChI is InChI=1S/C34H26N4O4/c39-20-26-13-11-22-9-10-23-12-14-27(38-34(23)33(22)37-26)21-42-28-15-16-29(35-18-24-5-1-3-7-31(24)40)30(17-28)36-19-25-6-2-4-8-32(25)41/h1-19,39-41H,20-21H2. The zero-order valence-electron chi connectivity index (χ0n) is 22.4. The zero-order chi connectivity index (χ0) is 28.9. The Bertz CT molecular complexity index is 1970. The zero-order valence-corrected chi connectivity index (χ0v) is 22.4. The number of aliphatic hydroxyl groups excluding tert-OH is 1. The Morgan fingerprint density at radius 2 is 1.17 bits per heavy atom. The number of aliphatic imine (C=N–C) groups is 2. The number of phenols is 2. The maximum absolute atomic E-state index is 10.2. The summed E-state index contributed by atoms with van der Waals surface area (Å²) >= 11 is 0. The number of aromatic nitrogens is 2. The summed E-state index contributed by atoms with van der Waals surface area (Å²) in [6, 6.07) is 30.8. The van der Waals surface area contributed by atoms with Gasteiger partial charge in [0, 0.05) is 40.4 Å². The second-order valence-electron chi connectivity index (χ2n) is 9.55. The van der Waals surface area contributed by atoms with Crippen molar-refractivity contribution < 1.29 is 20.1 Å². The third-order valence-electron chi connectivity index (χ3n) is 6.69. The van der Waals surface area contributed by atoms with Crippen LogP contribution in [-0.2, 0) is 13.2 Å². The third kappa shape index (κ3) is 5.79. The van der Waals surface area contributed by atoms with E-state index in [1.165, 1.54) is 0 Å². The maximum Gasteiger partial charge on any atom is 0.130 e. The van der Waals surface area contributed by atoms with Crippen LogP contribution in [0.3, 0.4) is 0 Å². The van der Waals surface area contributed by atoms with Gasteiger partial charge in [0.05, 0.1) is 40.4 Å². The second kappa shape index (κ2) is 11.9. The molecule has 6 rings (SSSR count). The topological polar surface area (TPSA) is 120 Å². The van der Waals surface area contributed by atoms with Gasteiger partial charge in [0.15, 0.2) is 0 Å². The number of benzene rings is 4. The van der Waals surface area contributed by atoms with Crippen LogP contribution in [0, 0.1) is 0 Å². The predicted octanol–water partition coefficient (Wildman–Crippen LogP) is 6.77. The minimum Gasteiger partial charge on any atom is -0.507 e. The summed E-state index contributed by atoms with van der Waals surface area (Å²) < 4.78 is 6.11. The average molecular weight is 555 g/mol. The molecule has 206 valence electrons. The number of aliphatic hydroxyl groups is 1. The van der Waals surface area contributed by atoms with Crippen LogP contribution in [0.5, 0.6) is 17.2 Å². The van der Waals surface area contributed by atoms with Crippen molar-refractivity contribution in [1.82, 2.24) is 9.97 Å². The Balaban J connectivity index is 1.30. The molecule has 0 spiro atoms. The first kappa shape index (κ1) is 26.6. The highest BCUT2D eigenvalue weighted by molar-refractivity contribution is 6.02. The van der Waals surface area contributed by atoms with Crippen LogP contribution in [0.4, 0.5) is 11.4 Å². The molecule has 0 aliphatic rings. The van der Waals surface area contributed by atoms with Crippen molar-refractivity contribution in [3.63, 3.8) is 0 Å². The van der Waals surface area contributed by atoms with Gasteiger partial charge < -0.3 is 20.1 Å². The van der Waals surface area contributed by atoms with Gasteiger partial charge in [-0.25, -0.2) is 9.97 Å². The van der Waals surface area contributed by atoms with Gasteiger partial charge in [0.2, 0.25) is 0 Å². The molecule has 0 amide bonds. The number of hydrogen-bond acceptors (Lipinski definition) is 8. The first-order valence-electron chi connectivity index (χ1n) is 13.3. The highest BCUT2D eigenvalue weighted by Gasteiger charge is 2.09. The molecule has 2 aromatic heterocycles. The van der Waals surface area contributed by atoms with Gasteiger partial charge in [0.1, 0.15) is 23.9 Å². The van der Waals surface area contributed by atoms with Crippen molar-refractivity contribution in [3.05, 3.63) is 126 Å². The Morgan fingerprint density at radius 1 is 0.619 bits per heavy atom. The molecule has 8 nitrogen and oxygen atoms in total. The number of fused-ring (bicyclic) bond motifs is 3. The van der Waals surface area contributed by atoms with E-state index in [0.717, 1.165) is 21.8 Å². The number of pyridine rings is 2. The average Bonchev–Trinajstić information content (AvgIpc) is 3.03. The van der Waals surface area contributed by atoms with Gasteiger partial charge in [-0.3, -0.25) is 9.98 Å². The summed E-state index contributed by atoms with van der Waals surface area (Å²) in [7, 11) is 0. The van der Waals surface area contributed by atoms with Crippen LogP contribution in [0.15, 0.2) is 113 Å². The molecule has 0 bridgehead atoms. The molecule has 3 N–H and O–H groups in total. The van der Waals surface area contributed by atoms with E-state index in [-0.39, 0.29) is 24.7 Å². The molecule has 6 aromatic rings. The minimum atomic E-state index is -0.142. The number of rotatable bonds is 8. The molecule has 0 fully saturated rings. The van der Waals surface area contributed by atoms with E-state index >= 15 is 0 Å². The summed E-state index contributed by atoms with van der Waals surface area (Å²) in [5.74, 6) is 0.795. The molecule has 0 aliphatic carbocycles. The number of para-hydroxylation sites is 2. The van der Waals surface area contributed by atoms with Crippen LogP contribution in [-0.4, -0.2) is 37.7 Å². The summed E-state index contributed by atoms with van der Waals surface area (Å²) in [5, 5.41) is 31.7.